The number of hydrogen-bond donors (Lipinski definition) is 1. The van der Waals surface area contributed by atoms with Crippen LogP contribution in [0.4, 0.5) is 5.69 Å². The summed E-state index contributed by atoms with van der Waals surface area (Å²) in [6.45, 7) is 2.30. The average molecular weight is 549 g/mol. The first-order valence-corrected chi connectivity index (χ1v) is 12.9. The highest BCUT2D eigenvalue weighted by Gasteiger charge is 2.32. The Bertz CT molecular complexity index is 1460. The molecule has 5 rings (SSSR count). The molecule has 0 unspecified atom stereocenters. The summed E-state index contributed by atoms with van der Waals surface area (Å²) in [5, 5.41) is 2.81. The van der Waals surface area contributed by atoms with E-state index in [-0.39, 0.29) is 25.2 Å². The number of benzene rings is 3. The first kappa shape index (κ1) is 25.6. The van der Waals surface area contributed by atoms with E-state index in [0.29, 0.717) is 44.5 Å². The third kappa shape index (κ3) is 5.76. The Morgan fingerprint density at radius 3 is 2.76 bits per heavy atom. The lowest BCUT2D eigenvalue weighted by Crippen LogP contribution is -2.27. The van der Waals surface area contributed by atoms with Gasteiger partial charge in [0.15, 0.2) is 29.6 Å². The fourth-order valence-corrected chi connectivity index (χ4v) is 5.22. The minimum absolute atomic E-state index is 0.176. The van der Waals surface area contributed by atoms with Gasteiger partial charge in [-0.2, -0.15) is 0 Å². The second-order valence-corrected chi connectivity index (χ2v) is 10.2. The van der Waals surface area contributed by atoms with Gasteiger partial charge in [-0.3, -0.25) is 14.5 Å². The number of carbonyl (C=O) groups is 2. The van der Waals surface area contributed by atoms with Crippen LogP contribution >= 0.6 is 24.0 Å². The van der Waals surface area contributed by atoms with E-state index >= 15 is 0 Å². The molecule has 0 spiro atoms. The van der Waals surface area contributed by atoms with Crippen LogP contribution in [0.25, 0.3) is 6.08 Å². The molecule has 10 heteroatoms. The van der Waals surface area contributed by atoms with Crippen LogP contribution in [-0.2, 0) is 16.1 Å². The zero-order valence-corrected chi connectivity index (χ0v) is 22.3. The molecule has 0 aliphatic carbocycles. The summed E-state index contributed by atoms with van der Waals surface area (Å²) in [5.41, 5.74) is 3.38. The van der Waals surface area contributed by atoms with Crippen LogP contribution in [-0.4, -0.2) is 41.5 Å². The van der Waals surface area contributed by atoms with Gasteiger partial charge in [-0.1, -0.05) is 48.2 Å². The monoisotopic (exact) mass is 548 g/mol. The molecule has 1 fully saturated rings. The third-order valence-corrected chi connectivity index (χ3v) is 7.18. The van der Waals surface area contributed by atoms with Gasteiger partial charge >= 0.3 is 0 Å². The van der Waals surface area contributed by atoms with Crippen LogP contribution in [0.3, 0.4) is 0 Å². The van der Waals surface area contributed by atoms with Crippen molar-refractivity contribution in [3.05, 3.63) is 82.3 Å². The predicted octanol–water partition coefficient (Wildman–Crippen LogP) is 5.15. The fraction of sp³-hybridized carbons (Fsp3) is 0.179. The van der Waals surface area contributed by atoms with Gasteiger partial charge in [-0.15, -0.1) is 0 Å². The number of nitrogens with zero attached hydrogens (tertiary/aromatic N) is 1. The van der Waals surface area contributed by atoms with Crippen LogP contribution in [0.15, 0.2) is 65.6 Å². The molecule has 0 bridgehead atoms. The lowest BCUT2D eigenvalue weighted by Gasteiger charge is -2.14. The van der Waals surface area contributed by atoms with Crippen LogP contribution in [0.1, 0.15) is 16.7 Å². The molecule has 0 saturated carbocycles. The van der Waals surface area contributed by atoms with Crippen molar-refractivity contribution in [1.29, 1.82) is 0 Å². The quantitative estimate of drug-likeness (QED) is 0.306. The van der Waals surface area contributed by atoms with Crippen molar-refractivity contribution in [1.82, 2.24) is 4.90 Å². The van der Waals surface area contributed by atoms with Crippen LogP contribution in [0.5, 0.6) is 23.0 Å². The van der Waals surface area contributed by atoms with Gasteiger partial charge in [-0.05, 0) is 66.1 Å². The number of fused-ring (bicyclic) bond motifs is 1. The number of methoxy groups -OCH3 is 1. The largest absolute Gasteiger partial charge is 0.493 e. The number of aryl methyl sites for hydroxylation is 1. The highest BCUT2D eigenvalue weighted by atomic mass is 32.2. The summed E-state index contributed by atoms with van der Waals surface area (Å²) in [7, 11) is 1.52. The van der Waals surface area contributed by atoms with Crippen molar-refractivity contribution in [2.45, 2.75) is 13.5 Å². The molecule has 0 atom stereocenters. The Hall–Kier alpha value is -4.02. The van der Waals surface area contributed by atoms with Crippen molar-refractivity contribution < 1.29 is 28.5 Å². The molecule has 0 aromatic heterocycles. The standard InChI is InChI=1S/C28H24N2O6S2/c1-17-4-3-5-20(10-17)29-26(31)15-34-21-8-6-18(11-23(21)33-2)13-25-27(32)30(28(37)38-25)14-19-7-9-22-24(12-19)36-16-35-22/h3-13H,14-16H2,1-2H3,(H,29,31)/b25-13-. The van der Waals surface area contributed by atoms with Crippen molar-refractivity contribution in [2.75, 3.05) is 25.8 Å². The van der Waals surface area contributed by atoms with E-state index < -0.39 is 0 Å². The van der Waals surface area contributed by atoms with Gasteiger partial charge < -0.3 is 24.3 Å². The number of ether oxygens (including phenoxy) is 4. The minimum Gasteiger partial charge on any atom is -0.493 e. The normalized spacial score (nSPS) is 15.2. The lowest BCUT2D eigenvalue weighted by atomic mass is 10.1. The van der Waals surface area contributed by atoms with Gasteiger partial charge in [0.1, 0.15) is 4.32 Å². The first-order chi connectivity index (χ1) is 18.4. The average Bonchev–Trinajstić information content (AvgIpc) is 3.47. The number of thiocarbonyl (C=S) groups is 1. The van der Waals surface area contributed by atoms with E-state index in [1.807, 2.05) is 49.4 Å². The summed E-state index contributed by atoms with van der Waals surface area (Å²) in [4.78, 5) is 27.5. The maximum absolute atomic E-state index is 13.1. The van der Waals surface area contributed by atoms with Gasteiger partial charge in [0.25, 0.3) is 11.8 Å². The molecule has 2 aliphatic rings. The van der Waals surface area contributed by atoms with Crippen LogP contribution in [0, 0.1) is 6.92 Å². The van der Waals surface area contributed by atoms with E-state index in [1.54, 1.807) is 29.2 Å². The smallest absolute Gasteiger partial charge is 0.266 e. The number of carbonyl (C=O) groups excluding carboxylic acids is 2. The predicted molar refractivity (Wildman–Crippen MR) is 150 cm³/mol. The summed E-state index contributed by atoms with van der Waals surface area (Å²) in [6, 6.07) is 18.3. The van der Waals surface area contributed by atoms with Crippen LogP contribution in [0.2, 0.25) is 0 Å². The summed E-state index contributed by atoms with van der Waals surface area (Å²) in [6.07, 6.45) is 1.76. The van der Waals surface area contributed by atoms with Crippen molar-refractivity contribution in [3.63, 3.8) is 0 Å². The number of thioether (sulfide) groups is 1. The van der Waals surface area contributed by atoms with E-state index in [2.05, 4.69) is 5.32 Å². The number of nitrogens with one attached hydrogen (secondary N) is 1. The van der Waals surface area contributed by atoms with Gasteiger partial charge in [0, 0.05) is 5.69 Å². The highest BCUT2D eigenvalue weighted by Crippen LogP contribution is 2.37. The Morgan fingerprint density at radius 1 is 1.11 bits per heavy atom. The molecule has 3 aromatic carbocycles. The van der Waals surface area contributed by atoms with E-state index in [9.17, 15) is 9.59 Å². The molecule has 194 valence electrons. The van der Waals surface area contributed by atoms with Crippen molar-refractivity contribution in [2.24, 2.45) is 0 Å². The van der Waals surface area contributed by atoms with E-state index in [0.717, 1.165) is 16.7 Å². The Morgan fingerprint density at radius 2 is 1.95 bits per heavy atom. The molecule has 1 N–H and O–H groups in total. The number of hydrogen-bond acceptors (Lipinski definition) is 8. The van der Waals surface area contributed by atoms with E-state index in [4.69, 9.17) is 31.2 Å². The third-order valence-electron chi connectivity index (χ3n) is 5.80. The maximum atomic E-state index is 13.1. The number of anilines is 1. The Kier molecular flexibility index (Phi) is 7.52. The topological polar surface area (TPSA) is 86.3 Å². The molecule has 0 radical (unpaired) electrons. The second kappa shape index (κ2) is 11.2. The Labute approximate surface area is 229 Å². The SMILES string of the molecule is COc1cc(/C=C2\SC(=S)N(Cc3ccc4c(c3)OCO4)C2=O)ccc1OCC(=O)Nc1cccc(C)c1. The van der Waals surface area contributed by atoms with Crippen LogP contribution < -0.4 is 24.3 Å². The Balaban J connectivity index is 1.24. The first-order valence-electron chi connectivity index (χ1n) is 11.7. The molecule has 8 nitrogen and oxygen atoms in total. The minimum atomic E-state index is -0.284. The summed E-state index contributed by atoms with van der Waals surface area (Å²) in [5.74, 6) is 1.74. The van der Waals surface area contributed by atoms with Gasteiger partial charge in [-0.25, -0.2) is 0 Å². The summed E-state index contributed by atoms with van der Waals surface area (Å²) < 4.78 is 22.4. The fourth-order valence-electron chi connectivity index (χ4n) is 3.97. The molecule has 2 aliphatic heterocycles. The zero-order chi connectivity index (χ0) is 26.6. The number of rotatable bonds is 8. The molecule has 2 amide bonds. The van der Waals surface area contributed by atoms with Crippen molar-refractivity contribution in [3.8, 4) is 23.0 Å². The zero-order valence-electron chi connectivity index (χ0n) is 20.7. The van der Waals surface area contributed by atoms with E-state index in [1.165, 1.54) is 18.9 Å². The highest BCUT2D eigenvalue weighted by molar-refractivity contribution is 8.26. The molecule has 3 aromatic rings. The molecular formula is C28H24N2O6S2. The molecule has 38 heavy (non-hydrogen) atoms. The lowest BCUT2D eigenvalue weighted by molar-refractivity contribution is -0.122. The van der Waals surface area contributed by atoms with Crippen molar-refractivity contribution >= 4 is 51.9 Å². The van der Waals surface area contributed by atoms with Gasteiger partial charge in [0.2, 0.25) is 6.79 Å². The molecular weight excluding hydrogens is 524 g/mol. The molecule has 1 saturated heterocycles. The maximum Gasteiger partial charge on any atom is 0.266 e. The summed E-state index contributed by atoms with van der Waals surface area (Å²) >= 11 is 6.72. The molecule has 2 heterocycles. The van der Waals surface area contributed by atoms with Gasteiger partial charge in [0.05, 0.1) is 18.6 Å². The number of amides is 2. The second-order valence-electron chi connectivity index (χ2n) is 8.57.